The highest BCUT2D eigenvalue weighted by Crippen LogP contribution is 2.50. The smallest absolute Gasteiger partial charge is 0.264 e. The molecular formula is C49H53BN2OS. The van der Waals surface area contributed by atoms with Gasteiger partial charge in [0.1, 0.15) is 6.29 Å². The van der Waals surface area contributed by atoms with Crippen molar-refractivity contribution in [3.63, 3.8) is 0 Å². The summed E-state index contributed by atoms with van der Waals surface area (Å²) in [4.78, 5) is 16.9. The van der Waals surface area contributed by atoms with Gasteiger partial charge in [0.05, 0.1) is 5.69 Å². The molecule has 0 fully saturated rings. The molecule has 0 atom stereocenters. The first-order valence-electron chi connectivity index (χ1n) is 19.4. The van der Waals surface area contributed by atoms with Crippen LogP contribution in [0.3, 0.4) is 0 Å². The fraction of sp³-hybridized carbons (Fsp3) is 0.327. The molecule has 0 unspecified atom stereocenters. The van der Waals surface area contributed by atoms with E-state index in [4.69, 9.17) is 0 Å². The lowest BCUT2D eigenvalue weighted by Gasteiger charge is -2.44. The van der Waals surface area contributed by atoms with Crippen LogP contribution >= 0.6 is 11.3 Å². The Kier molecular flexibility index (Phi) is 8.22. The lowest BCUT2D eigenvalue weighted by molar-refractivity contribution is 0.112. The Hall–Kier alpha value is -4.61. The van der Waals surface area contributed by atoms with Gasteiger partial charge in [-0.15, -0.1) is 11.3 Å². The summed E-state index contributed by atoms with van der Waals surface area (Å²) in [7, 11) is 0. The van der Waals surface area contributed by atoms with Crippen molar-refractivity contribution < 1.29 is 4.79 Å². The third-order valence-corrected chi connectivity index (χ3v) is 12.8. The maximum absolute atomic E-state index is 11.8. The summed E-state index contributed by atoms with van der Waals surface area (Å²) in [6, 6.07) is 36.6. The van der Waals surface area contributed by atoms with Crippen molar-refractivity contribution in [2.45, 2.75) is 105 Å². The molecule has 0 radical (unpaired) electrons. The van der Waals surface area contributed by atoms with Crippen LogP contribution in [-0.2, 0) is 21.7 Å². The molecule has 0 bridgehead atoms. The van der Waals surface area contributed by atoms with E-state index in [0.717, 1.165) is 12.0 Å². The number of hydrogen-bond acceptors (Lipinski definition) is 4. The topological polar surface area (TPSA) is 23.6 Å². The molecule has 5 aromatic carbocycles. The summed E-state index contributed by atoms with van der Waals surface area (Å²) in [6.07, 6.45) is 0.929. The van der Waals surface area contributed by atoms with Crippen LogP contribution in [-0.4, -0.2) is 13.0 Å². The highest BCUT2D eigenvalue weighted by atomic mass is 32.1. The maximum atomic E-state index is 11.8. The molecule has 6 aromatic rings. The molecule has 2 aliphatic heterocycles. The van der Waals surface area contributed by atoms with Gasteiger partial charge in [0.2, 0.25) is 0 Å². The minimum Gasteiger partial charge on any atom is -0.311 e. The minimum absolute atomic E-state index is 0.0142. The minimum atomic E-state index is -0.109. The largest absolute Gasteiger partial charge is 0.311 e. The first-order chi connectivity index (χ1) is 25.3. The van der Waals surface area contributed by atoms with Crippen LogP contribution in [0.4, 0.5) is 34.1 Å². The molecule has 8 rings (SSSR count). The first kappa shape index (κ1) is 36.4. The van der Waals surface area contributed by atoms with Crippen LogP contribution in [0.5, 0.6) is 0 Å². The highest BCUT2D eigenvalue weighted by Gasteiger charge is 2.46. The monoisotopic (exact) mass is 728 g/mol. The van der Waals surface area contributed by atoms with Crippen LogP contribution in [0.15, 0.2) is 97.1 Å². The van der Waals surface area contributed by atoms with Gasteiger partial charge in [-0.25, -0.2) is 0 Å². The molecule has 0 saturated carbocycles. The van der Waals surface area contributed by atoms with Crippen molar-refractivity contribution in [2.75, 3.05) is 9.80 Å². The van der Waals surface area contributed by atoms with Crippen molar-refractivity contribution in [1.29, 1.82) is 0 Å². The fourth-order valence-electron chi connectivity index (χ4n) is 8.21. The lowest BCUT2D eigenvalue weighted by Crippen LogP contribution is -2.60. The van der Waals surface area contributed by atoms with Gasteiger partial charge in [-0.1, -0.05) is 113 Å². The molecule has 2 aliphatic rings. The van der Waals surface area contributed by atoms with Gasteiger partial charge >= 0.3 is 0 Å². The number of thiophene rings is 1. The average molecular weight is 729 g/mol. The quantitative estimate of drug-likeness (QED) is 0.134. The first-order valence-corrected chi connectivity index (χ1v) is 20.2. The van der Waals surface area contributed by atoms with Crippen molar-refractivity contribution in [2.24, 2.45) is 0 Å². The molecule has 3 heterocycles. The zero-order chi connectivity index (χ0) is 38.7. The number of benzene rings is 5. The van der Waals surface area contributed by atoms with Gasteiger partial charge < -0.3 is 9.80 Å². The average Bonchev–Trinajstić information content (AvgIpc) is 3.48. The van der Waals surface area contributed by atoms with Gasteiger partial charge in [-0.2, -0.15) is 0 Å². The second-order valence-corrected chi connectivity index (χ2v) is 20.7. The van der Waals surface area contributed by atoms with Gasteiger partial charge in [0.15, 0.2) is 0 Å². The summed E-state index contributed by atoms with van der Waals surface area (Å²) < 4.78 is 2.70. The Bertz CT molecular complexity index is 2450. The summed E-state index contributed by atoms with van der Waals surface area (Å²) in [5.74, 6) is 0. The molecule has 0 amide bonds. The van der Waals surface area contributed by atoms with Crippen LogP contribution in [0, 0.1) is 0 Å². The Balaban J connectivity index is 1.53. The van der Waals surface area contributed by atoms with E-state index in [1.165, 1.54) is 76.5 Å². The maximum Gasteiger partial charge on any atom is 0.264 e. The number of carbonyl (C=O) groups excluding carboxylic acids is 1. The number of nitrogens with zero attached hydrogens (tertiary/aromatic N) is 2. The van der Waals surface area contributed by atoms with Gasteiger partial charge in [-0.05, 0) is 122 Å². The molecule has 5 heteroatoms. The SMILES string of the molecule is CC(C)(C)c1ccc(N2c3cc(C(C)(C)C)cc4c3B(c3cc(C(C)(C)C)ccc3N4c3ccc(C=O)cc3)c3sc4ccc(C(C)(C)C)cc4c32)cc1. The molecule has 54 heavy (non-hydrogen) atoms. The number of anilines is 6. The number of carbonyl (C=O) groups is 1. The molecule has 0 spiro atoms. The predicted octanol–water partition coefficient (Wildman–Crippen LogP) is 12.0. The van der Waals surface area contributed by atoms with E-state index in [9.17, 15) is 4.79 Å². The molecule has 0 aliphatic carbocycles. The van der Waals surface area contributed by atoms with Gasteiger partial charge in [0.25, 0.3) is 6.71 Å². The van der Waals surface area contributed by atoms with Crippen LogP contribution < -0.4 is 25.5 Å². The van der Waals surface area contributed by atoms with E-state index >= 15 is 0 Å². The molecule has 3 nitrogen and oxygen atoms in total. The Morgan fingerprint density at radius 1 is 0.519 bits per heavy atom. The zero-order valence-corrected chi connectivity index (χ0v) is 34.9. The summed E-state index contributed by atoms with van der Waals surface area (Å²) in [5.41, 5.74) is 15.7. The van der Waals surface area contributed by atoms with Gasteiger partial charge in [-0.3, -0.25) is 4.79 Å². The van der Waals surface area contributed by atoms with Crippen molar-refractivity contribution in [3.05, 3.63) is 125 Å². The van der Waals surface area contributed by atoms with E-state index in [1.807, 2.05) is 23.5 Å². The Labute approximate surface area is 327 Å². The van der Waals surface area contributed by atoms with Crippen molar-refractivity contribution in [1.82, 2.24) is 0 Å². The molecule has 0 N–H and O–H groups in total. The Morgan fingerprint density at radius 3 is 1.59 bits per heavy atom. The number of fused-ring (bicyclic) bond motifs is 6. The lowest BCUT2D eigenvalue weighted by atomic mass is 9.36. The standard InChI is InChI=1S/C49H53BN2OS/c1-46(2,3)31-15-21-36(22-16-31)52-41-28-34(49(10,11)12)27-40-43(41)50(45-44(52)37-25-32(47(4,5)6)18-24-42(37)54-45)38-26-33(48(7,8)9)17-23-39(38)51(40)35-19-13-30(29-53)14-20-35/h13-29H,1-12H3. The summed E-state index contributed by atoms with van der Waals surface area (Å²) in [5, 5.41) is 1.32. The van der Waals surface area contributed by atoms with Crippen LogP contribution in [0.25, 0.3) is 10.1 Å². The highest BCUT2D eigenvalue weighted by molar-refractivity contribution is 7.33. The molecule has 1 aromatic heterocycles. The number of hydrogen-bond donors (Lipinski definition) is 0. The van der Waals surface area contributed by atoms with E-state index < -0.39 is 0 Å². The molecular weight excluding hydrogens is 675 g/mol. The second kappa shape index (κ2) is 12.2. The van der Waals surface area contributed by atoms with E-state index in [-0.39, 0.29) is 28.4 Å². The normalized spacial score (nSPS) is 14.3. The van der Waals surface area contributed by atoms with E-state index in [0.29, 0.717) is 5.56 Å². The Morgan fingerprint density at radius 2 is 1.02 bits per heavy atom. The van der Waals surface area contributed by atoms with Crippen molar-refractivity contribution >= 4 is 84.2 Å². The number of aldehydes is 1. The third-order valence-electron chi connectivity index (χ3n) is 11.5. The van der Waals surface area contributed by atoms with Crippen LogP contribution in [0.2, 0.25) is 0 Å². The van der Waals surface area contributed by atoms with Crippen LogP contribution in [0.1, 0.15) is 116 Å². The second-order valence-electron chi connectivity index (χ2n) is 19.6. The van der Waals surface area contributed by atoms with E-state index in [2.05, 4.69) is 178 Å². The number of rotatable bonds is 3. The third kappa shape index (κ3) is 5.91. The molecule has 0 saturated heterocycles. The fourth-order valence-corrected chi connectivity index (χ4v) is 9.51. The van der Waals surface area contributed by atoms with Gasteiger partial charge in [0, 0.05) is 48.9 Å². The van der Waals surface area contributed by atoms with Crippen molar-refractivity contribution in [3.8, 4) is 0 Å². The summed E-state index contributed by atoms with van der Waals surface area (Å²) >= 11 is 1.95. The van der Waals surface area contributed by atoms with E-state index in [1.54, 1.807) is 0 Å². The summed E-state index contributed by atoms with van der Waals surface area (Å²) in [6.45, 7) is 27.7. The predicted molar refractivity (Wildman–Crippen MR) is 236 cm³/mol. The molecule has 274 valence electrons. The zero-order valence-electron chi connectivity index (χ0n) is 34.1.